The van der Waals surface area contributed by atoms with Crippen molar-refractivity contribution in [2.24, 2.45) is 0 Å². The molecule has 0 N–H and O–H groups in total. The van der Waals surface area contributed by atoms with Crippen LogP contribution in [0.25, 0.3) is 33.2 Å². The molecule has 118 valence electrons. The number of hydrogen-bond donors (Lipinski definition) is 0. The second-order valence-corrected chi connectivity index (χ2v) is 6.33. The van der Waals surface area contributed by atoms with Crippen molar-refractivity contribution in [3.8, 4) is 11.4 Å². The Morgan fingerprint density at radius 2 is 1.46 bits per heavy atom. The number of para-hydroxylation sites is 2. The van der Waals surface area contributed by atoms with E-state index in [9.17, 15) is 0 Å². The van der Waals surface area contributed by atoms with E-state index in [0.29, 0.717) is 0 Å². The first-order chi connectivity index (χ1) is 11.7. The summed E-state index contributed by atoms with van der Waals surface area (Å²) in [6.45, 7) is 6.42. The summed E-state index contributed by atoms with van der Waals surface area (Å²) in [5.74, 6) is 0. The maximum Gasteiger partial charge on any atom is 0.0897 e. The number of rotatable bonds is 2. The Kier molecular flexibility index (Phi) is 3.53. The molecular formula is C22H20N2. The lowest BCUT2D eigenvalue weighted by Gasteiger charge is -2.11. The minimum absolute atomic E-state index is 0.941. The minimum Gasteiger partial charge on any atom is -0.246 e. The fourth-order valence-electron chi connectivity index (χ4n) is 3.32. The van der Waals surface area contributed by atoms with E-state index in [1.165, 1.54) is 27.5 Å². The van der Waals surface area contributed by atoms with E-state index in [1.807, 2.05) is 0 Å². The Morgan fingerprint density at radius 1 is 0.750 bits per heavy atom. The van der Waals surface area contributed by atoms with Gasteiger partial charge in [0.25, 0.3) is 0 Å². The predicted molar refractivity (Wildman–Crippen MR) is 101 cm³/mol. The second kappa shape index (κ2) is 5.72. The van der Waals surface area contributed by atoms with Crippen molar-refractivity contribution >= 4 is 21.8 Å². The van der Waals surface area contributed by atoms with Crippen LogP contribution in [0.1, 0.15) is 23.6 Å². The topological polar surface area (TPSA) is 25.8 Å². The molecule has 4 aromatic rings. The molecule has 0 aliphatic rings. The van der Waals surface area contributed by atoms with Crippen LogP contribution in [0.15, 0.2) is 54.6 Å². The quantitative estimate of drug-likeness (QED) is 0.479. The van der Waals surface area contributed by atoms with Gasteiger partial charge in [-0.05, 0) is 49.1 Å². The highest BCUT2D eigenvalue weighted by molar-refractivity contribution is 5.88. The van der Waals surface area contributed by atoms with Crippen LogP contribution >= 0.6 is 0 Å². The van der Waals surface area contributed by atoms with Gasteiger partial charge in [0.15, 0.2) is 0 Å². The Morgan fingerprint density at radius 3 is 2.25 bits per heavy atom. The molecule has 0 unspecified atom stereocenters. The maximum atomic E-state index is 4.93. The van der Waals surface area contributed by atoms with Gasteiger partial charge in [0.05, 0.1) is 22.4 Å². The zero-order valence-electron chi connectivity index (χ0n) is 14.3. The Hall–Kier alpha value is -2.74. The highest BCUT2D eigenvalue weighted by atomic mass is 14.8. The van der Waals surface area contributed by atoms with Gasteiger partial charge in [-0.2, -0.15) is 0 Å². The van der Waals surface area contributed by atoms with E-state index >= 15 is 0 Å². The second-order valence-electron chi connectivity index (χ2n) is 6.33. The summed E-state index contributed by atoms with van der Waals surface area (Å²) in [4.78, 5) is 9.82. The Bertz CT molecular complexity index is 1060. The number of pyridine rings is 2. The SMILES string of the molecule is CCc1cc(-c2ccc3cccc(C)c3n2)nc2c(C)cccc12. The van der Waals surface area contributed by atoms with Gasteiger partial charge < -0.3 is 0 Å². The van der Waals surface area contributed by atoms with Gasteiger partial charge in [-0.1, -0.05) is 49.4 Å². The summed E-state index contributed by atoms with van der Waals surface area (Å²) < 4.78 is 0. The zero-order chi connectivity index (χ0) is 16.7. The molecule has 2 nitrogen and oxygen atoms in total. The molecule has 0 bridgehead atoms. The third-order valence-corrected chi connectivity index (χ3v) is 4.69. The van der Waals surface area contributed by atoms with Gasteiger partial charge in [0.2, 0.25) is 0 Å². The lowest BCUT2D eigenvalue weighted by molar-refractivity contribution is 1.14. The van der Waals surface area contributed by atoms with Crippen LogP contribution in [0, 0.1) is 13.8 Å². The number of aromatic nitrogens is 2. The number of nitrogens with zero attached hydrogens (tertiary/aromatic N) is 2. The summed E-state index contributed by atoms with van der Waals surface area (Å²) in [5.41, 5.74) is 7.77. The van der Waals surface area contributed by atoms with Crippen LogP contribution in [0.2, 0.25) is 0 Å². The summed E-state index contributed by atoms with van der Waals surface area (Å²) in [5, 5.41) is 2.42. The molecular weight excluding hydrogens is 292 g/mol. The van der Waals surface area contributed by atoms with Crippen molar-refractivity contribution in [1.29, 1.82) is 0 Å². The molecule has 2 aromatic carbocycles. The first kappa shape index (κ1) is 14.8. The molecule has 0 saturated carbocycles. The van der Waals surface area contributed by atoms with Crippen molar-refractivity contribution in [2.75, 3.05) is 0 Å². The summed E-state index contributed by atoms with van der Waals surface area (Å²) in [6, 6.07) is 19.1. The average Bonchev–Trinajstić information content (AvgIpc) is 2.61. The van der Waals surface area contributed by atoms with E-state index in [0.717, 1.165) is 28.8 Å². The smallest absolute Gasteiger partial charge is 0.0897 e. The van der Waals surface area contributed by atoms with Crippen LogP contribution in [0.5, 0.6) is 0 Å². The predicted octanol–water partition coefficient (Wildman–Crippen LogP) is 5.63. The number of benzene rings is 2. The van der Waals surface area contributed by atoms with E-state index in [1.54, 1.807) is 0 Å². The molecule has 2 heteroatoms. The Balaban J connectivity index is 1.99. The molecule has 2 aromatic heterocycles. The van der Waals surface area contributed by atoms with Crippen molar-refractivity contribution in [1.82, 2.24) is 9.97 Å². The van der Waals surface area contributed by atoms with Gasteiger partial charge in [-0.15, -0.1) is 0 Å². The first-order valence-electron chi connectivity index (χ1n) is 8.43. The standard InChI is InChI=1S/C22H20N2/c1-4-16-13-20(24-22-15(3)8-6-10-18(16)22)19-12-11-17-9-5-7-14(2)21(17)23-19/h5-13H,4H2,1-3H3. The molecule has 4 rings (SSSR count). The van der Waals surface area contributed by atoms with Crippen LogP contribution in [0.3, 0.4) is 0 Å². The molecule has 2 heterocycles. The minimum atomic E-state index is 0.941. The fraction of sp³-hybridized carbons (Fsp3) is 0.182. The van der Waals surface area contributed by atoms with Crippen LogP contribution < -0.4 is 0 Å². The van der Waals surface area contributed by atoms with Crippen LogP contribution in [0.4, 0.5) is 0 Å². The van der Waals surface area contributed by atoms with Gasteiger partial charge >= 0.3 is 0 Å². The molecule has 0 radical (unpaired) electrons. The van der Waals surface area contributed by atoms with E-state index < -0.39 is 0 Å². The maximum absolute atomic E-state index is 4.93. The van der Waals surface area contributed by atoms with Crippen molar-refractivity contribution < 1.29 is 0 Å². The highest BCUT2D eigenvalue weighted by Crippen LogP contribution is 2.27. The van der Waals surface area contributed by atoms with Gasteiger partial charge in [-0.25, -0.2) is 9.97 Å². The average molecular weight is 312 g/mol. The van der Waals surface area contributed by atoms with E-state index in [-0.39, 0.29) is 0 Å². The van der Waals surface area contributed by atoms with Crippen molar-refractivity contribution in [2.45, 2.75) is 27.2 Å². The zero-order valence-corrected chi connectivity index (χ0v) is 14.3. The van der Waals surface area contributed by atoms with Crippen molar-refractivity contribution in [3.05, 3.63) is 71.3 Å². The molecule has 0 aliphatic heterocycles. The number of fused-ring (bicyclic) bond motifs is 2. The molecule has 0 aliphatic carbocycles. The third kappa shape index (κ3) is 2.35. The monoisotopic (exact) mass is 312 g/mol. The third-order valence-electron chi connectivity index (χ3n) is 4.69. The van der Waals surface area contributed by atoms with Crippen LogP contribution in [-0.4, -0.2) is 9.97 Å². The van der Waals surface area contributed by atoms with Crippen molar-refractivity contribution in [3.63, 3.8) is 0 Å². The summed E-state index contributed by atoms with van der Waals surface area (Å²) in [6.07, 6.45) is 0.988. The molecule has 0 atom stereocenters. The fourth-order valence-corrected chi connectivity index (χ4v) is 3.32. The van der Waals surface area contributed by atoms with E-state index in [2.05, 4.69) is 75.4 Å². The summed E-state index contributed by atoms with van der Waals surface area (Å²) >= 11 is 0. The van der Waals surface area contributed by atoms with Crippen LogP contribution in [-0.2, 0) is 6.42 Å². The molecule has 24 heavy (non-hydrogen) atoms. The van der Waals surface area contributed by atoms with E-state index in [4.69, 9.17) is 9.97 Å². The molecule has 0 spiro atoms. The highest BCUT2D eigenvalue weighted by Gasteiger charge is 2.10. The number of hydrogen-bond acceptors (Lipinski definition) is 2. The Labute approximate surface area is 142 Å². The van der Waals surface area contributed by atoms with Gasteiger partial charge in [-0.3, -0.25) is 0 Å². The number of aryl methyl sites for hydroxylation is 3. The largest absolute Gasteiger partial charge is 0.246 e. The lowest BCUT2D eigenvalue weighted by atomic mass is 10.0. The molecule has 0 saturated heterocycles. The molecule has 0 amide bonds. The normalized spacial score (nSPS) is 11.3. The van der Waals surface area contributed by atoms with Gasteiger partial charge in [0, 0.05) is 10.8 Å². The summed E-state index contributed by atoms with van der Waals surface area (Å²) in [7, 11) is 0. The lowest BCUT2D eigenvalue weighted by Crippen LogP contribution is -1.95. The van der Waals surface area contributed by atoms with Gasteiger partial charge in [0.1, 0.15) is 0 Å². The first-order valence-corrected chi connectivity index (χ1v) is 8.43. The molecule has 0 fully saturated rings.